The van der Waals surface area contributed by atoms with Crippen molar-refractivity contribution in [2.75, 3.05) is 10.7 Å². The van der Waals surface area contributed by atoms with E-state index in [-0.39, 0.29) is 23.5 Å². The predicted octanol–water partition coefficient (Wildman–Crippen LogP) is 4.80. The number of aromatic nitrogens is 3. The van der Waals surface area contributed by atoms with E-state index in [1.165, 1.54) is 17.8 Å². The number of allylic oxidation sites excluding steroid dienone is 1. The highest BCUT2D eigenvalue weighted by Gasteiger charge is 2.21. The molecule has 1 aromatic heterocycles. The van der Waals surface area contributed by atoms with Crippen molar-refractivity contribution in [1.82, 2.24) is 14.8 Å². The third-order valence-corrected chi connectivity index (χ3v) is 5.24. The number of hydrogen-bond donors (Lipinski definition) is 0. The lowest BCUT2D eigenvalue weighted by molar-refractivity contribution is -0.116. The molecule has 0 spiro atoms. The zero-order valence-corrected chi connectivity index (χ0v) is 17.3. The first kappa shape index (κ1) is 20.8. The number of para-hydroxylation sites is 1. The van der Waals surface area contributed by atoms with Crippen LogP contribution in [-0.2, 0) is 11.3 Å². The summed E-state index contributed by atoms with van der Waals surface area (Å²) >= 11 is 1.28. The van der Waals surface area contributed by atoms with E-state index < -0.39 is 0 Å². The van der Waals surface area contributed by atoms with Gasteiger partial charge < -0.3 is 4.90 Å². The van der Waals surface area contributed by atoms with E-state index in [0.29, 0.717) is 23.1 Å². The van der Waals surface area contributed by atoms with Crippen LogP contribution >= 0.6 is 11.8 Å². The van der Waals surface area contributed by atoms with Gasteiger partial charge in [0, 0.05) is 18.3 Å². The summed E-state index contributed by atoms with van der Waals surface area (Å²) in [5.41, 5.74) is 1.22. The summed E-state index contributed by atoms with van der Waals surface area (Å²) in [7, 11) is 0. The number of thioether (sulfide) groups is 1. The summed E-state index contributed by atoms with van der Waals surface area (Å²) in [5, 5.41) is 8.90. The Kier molecular flexibility index (Phi) is 6.82. The predicted molar refractivity (Wildman–Crippen MR) is 115 cm³/mol. The van der Waals surface area contributed by atoms with Crippen LogP contribution in [-0.4, -0.2) is 32.5 Å². The molecule has 0 aliphatic rings. The maximum absolute atomic E-state index is 14.2. The number of carbonyl (C=O) groups excluding carboxylic acids is 1. The Morgan fingerprint density at radius 2 is 1.86 bits per heavy atom. The topological polar surface area (TPSA) is 51.0 Å². The minimum Gasteiger partial charge on any atom is -0.309 e. The second-order valence-electron chi connectivity index (χ2n) is 6.67. The molecule has 3 aromatic rings. The van der Waals surface area contributed by atoms with Crippen LogP contribution in [0.25, 0.3) is 11.4 Å². The fraction of sp³-hybridized carbons (Fsp3) is 0.227. The molecule has 3 rings (SSSR count). The van der Waals surface area contributed by atoms with E-state index in [1.807, 2.05) is 44.2 Å². The zero-order valence-electron chi connectivity index (χ0n) is 16.5. The van der Waals surface area contributed by atoms with Crippen LogP contribution in [0.15, 0.2) is 72.4 Å². The minimum atomic E-state index is -0.368. The van der Waals surface area contributed by atoms with Crippen molar-refractivity contribution in [2.45, 2.75) is 31.6 Å². The number of halogens is 1. The highest BCUT2D eigenvalue weighted by Crippen LogP contribution is 2.27. The molecule has 150 valence electrons. The van der Waals surface area contributed by atoms with Crippen LogP contribution in [0.5, 0.6) is 0 Å². The molecule has 0 N–H and O–H groups in total. The summed E-state index contributed by atoms with van der Waals surface area (Å²) in [5.74, 6) is 0.214. The van der Waals surface area contributed by atoms with E-state index in [1.54, 1.807) is 33.7 Å². The van der Waals surface area contributed by atoms with Gasteiger partial charge in [0.15, 0.2) is 11.0 Å². The van der Waals surface area contributed by atoms with Gasteiger partial charge in [0.05, 0.1) is 11.3 Å². The van der Waals surface area contributed by atoms with Gasteiger partial charge in [0.1, 0.15) is 5.82 Å². The molecule has 2 aromatic carbocycles. The van der Waals surface area contributed by atoms with E-state index in [9.17, 15) is 9.18 Å². The first-order valence-electron chi connectivity index (χ1n) is 9.31. The van der Waals surface area contributed by atoms with Crippen molar-refractivity contribution in [3.05, 3.63) is 73.1 Å². The number of benzene rings is 2. The fourth-order valence-corrected chi connectivity index (χ4v) is 3.85. The van der Waals surface area contributed by atoms with Crippen LogP contribution in [0.4, 0.5) is 10.1 Å². The normalized spacial score (nSPS) is 10.9. The van der Waals surface area contributed by atoms with Crippen molar-refractivity contribution in [2.24, 2.45) is 0 Å². The first-order chi connectivity index (χ1) is 14.0. The van der Waals surface area contributed by atoms with Gasteiger partial charge in [-0.15, -0.1) is 16.8 Å². The van der Waals surface area contributed by atoms with E-state index in [0.717, 1.165) is 5.69 Å². The van der Waals surface area contributed by atoms with E-state index >= 15 is 0 Å². The third-order valence-electron chi connectivity index (χ3n) is 4.29. The highest BCUT2D eigenvalue weighted by atomic mass is 32.2. The lowest BCUT2D eigenvalue weighted by Gasteiger charge is -2.26. The summed E-state index contributed by atoms with van der Waals surface area (Å²) in [6, 6.07) is 16.0. The Labute approximate surface area is 174 Å². The lowest BCUT2D eigenvalue weighted by Crippen LogP contribution is -2.38. The first-order valence-corrected chi connectivity index (χ1v) is 10.3. The zero-order chi connectivity index (χ0) is 20.8. The summed E-state index contributed by atoms with van der Waals surface area (Å²) in [4.78, 5) is 14.7. The summed E-state index contributed by atoms with van der Waals surface area (Å²) in [6.45, 7) is 8.14. The molecule has 1 heterocycles. The average molecular weight is 411 g/mol. The monoisotopic (exact) mass is 410 g/mol. The number of carbonyl (C=O) groups is 1. The molecule has 0 fully saturated rings. The van der Waals surface area contributed by atoms with Gasteiger partial charge in [0.2, 0.25) is 5.91 Å². The number of amides is 1. The molecule has 5 nitrogen and oxygen atoms in total. The Morgan fingerprint density at radius 3 is 2.52 bits per heavy atom. The van der Waals surface area contributed by atoms with Crippen LogP contribution in [0, 0.1) is 5.82 Å². The van der Waals surface area contributed by atoms with Crippen molar-refractivity contribution < 1.29 is 9.18 Å². The van der Waals surface area contributed by atoms with Gasteiger partial charge in [-0.05, 0) is 38.1 Å². The van der Waals surface area contributed by atoms with E-state index in [4.69, 9.17) is 0 Å². The van der Waals surface area contributed by atoms with Gasteiger partial charge in [-0.1, -0.05) is 48.2 Å². The van der Waals surface area contributed by atoms with Crippen molar-refractivity contribution in [3.8, 4) is 11.4 Å². The number of rotatable bonds is 8. The number of hydrogen-bond acceptors (Lipinski definition) is 4. The maximum atomic E-state index is 14.2. The third kappa shape index (κ3) is 4.74. The van der Waals surface area contributed by atoms with Gasteiger partial charge >= 0.3 is 0 Å². The Hall–Kier alpha value is -2.93. The second-order valence-corrected chi connectivity index (χ2v) is 7.61. The molecular weight excluding hydrogens is 387 g/mol. The lowest BCUT2D eigenvalue weighted by atomic mass is 10.2. The number of anilines is 1. The molecule has 0 radical (unpaired) electrons. The van der Waals surface area contributed by atoms with E-state index in [2.05, 4.69) is 16.8 Å². The Balaban J connectivity index is 1.82. The average Bonchev–Trinajstić information content (AvgIpc) is 3.10. The molecule has 1 amide bonds. The molecule has 0 unspecified atom stereocenters. The smallest absolute Gasteiger partial charge is 0.237 e. The van der Waals surface area contributed by atoms with Crippen LogP contribution in [0.2, 0.25) is 0 Å². The van der Waals surface area contributed by atoms with Gasteiger partial charge in [-0.2, -0.15) is 0 Å². The minimum absolute atomic E-state index is 0.0190. The largest absolute Gasteiger partial charge is 0.309 e. The van der Waals surface area contributed by atoms with Gasteiger partial charge in [-0.3, -0.25) is 9.36 Å². The highest BCUT2D eigenvalue weighted by molar-refractivity contribution is 7.99. The Bertz CT molecular complexity index is 987. The van der Waals surface area contributed by atoms with Crippen molar-refractivity contribution >= 4 is 23.4 Å². The molecule has 0 saturated carbocycles. The van der Waals surface area contributed by atoms with Crippen LogP contribution in [0.1, 0.15) is 13.8 Å². The summed E-state index contributed by atoms with van der Waals surface area (Å²) in [6.07, 6.45) is 1.70. The molecular formula is C22H23FN4OS. The van der Waals surface area contributed by atoms with Crippen molar-refractivity contribution in [1.29, 1.82) is 0 Å². The second kappa shape index (κ2) is 9.52. The van der Waals surface area contributed by atoms with Crippen LogP contribution < -0.4 is 4.90 Å². The fourth-order valence-electron chi connectivity index (χ4n) is 3.05. The maximum Gasteiger partial charge on any atom is 0.237 e. The van der Waals surface area contributed by atoms with Gasteiger partial charge in [0.25, 0.3) is 0 Å². The molecule has 7 heteroatoms. The standard InChI is InChI=1S/C22H23FN4OS/c1-4-14-26-21(18-12-8-9-13-19(18)23)24-25-22(26)29-15-20(28)27(16(2)3)17-10-6-5-7-11-17/h4-13,16H,1,14-15H2,2-3H3. The molecule has 0 aliphatic heterocycles. The quantitative estimate of drug-likeness (QED) is 0.395. The molecule has 0 aliphatic carbocycles. The summed E-state index contributed by atoms with van der Waals surface area (Å²) < 4.78 is 16.0. The van der Waals surface area contributed by atoms with Gasteiger partial charge in [-0.25, -0.2) is 4.39 Å². The molecule has 29 heavy (non-hydrogen) atoms. The Morgan fingerprint density at radius 1 is 1.17 bits per heavy atom. The molecule has 0 saturated heterocycles. The SMILES string of the molecule is C=CCn1c(SCC(=O)N(c2ccccc2)C(C)C)nnc1-c1ccccc1F. The van der Waals surface area contributed by atoms with Crippen LogP contribution in [0.3, 0.4) is 0 Å². The van der Waals surface area contributed by atoms with Crippen molar-refractivity contribution in [3.63, 3.8) is 0 Å². The molecule has 0 atom stereocenters. The molecule has 0 bridgehead atoms. The number of nitrogens with zero attached hydrogens (tertiary/aromatic N) is 4.